The zero-order chi connectivity index (χ0) is 18.5. The number of ether oxygens (including phenoxy) is 2. The van der Waals surface area contributed by atoms with Crippen LogP contribution in [0.5, 0.6) is 11.5 Å². The summed E-state index contributed by atoms with van der Waals surface area (Å²) in [7, 11) is 1.60. The summed E-state index contributed by atoms with van der Waals surface area (Å²) in [6.45, 7) is 1.68. The van der Waals surface area contributed by atoms with Gasteiger partial charge in [-0.1, -0.05) is 23.7 Å². The summed E-state index contributed by atoms with van der Waals surface area (Å²) in [6, 6.07) is 12.4. The molecule has 134 valence electrons. The molecule has 0 bridgehead atoms. The average Bonchev–Trinajstić information content (AvgIpc) is 3.09. The molecule has 0 atom stereocenters. The second kappa shape index (κ2) is 7.88. The molecule has 1 amide bonds. The lowest BCUT2D eigenvalue weighted by Crippen LogP contribution is -2.20. The van der Waals surface area contributed by atoms with E-state index >= 15 is 0 Å². The number of rotatable bonds is 6. The zero-order valence-electron chi connectivity index (χ0n) is 14.2. The van der Waals surface area contributed by atoms with E-state index in [0.29, 0.717) is 16.5 Å². The number of nitrogens with one attached hydrogen (secondary N) is 1. The monoisotopic (exact) mass is 373 g/mol. The normalized spacial score (nSPS) is 10.4. The number of hydrogen-bond donors (Lipinski definition) is 1. The van der Waals surface area contributed by atoms with Crippen LogP contribution in [0.3, 0.4) is 0 Å². The molecule has 0 saturated carbocycles. The van der Waals surface area contributed by atoms with Gasteiger partial charge in [-0.05, 0) is 53.1 Å². The van der Waals surface area contributed by atoms with Crippen molar-refractivity contribution >= 4 is 23.3 Å². The molecule has 1 N–H and O–H groups in total. The van der Waals surface area contributed by atoms with Crippen molar-refractivity contribution in [3.8, 4) is 22.8 Å². The molecular formula is C18H16ClN3O4. The number of methoxy groups -OCH3 is 1. The highest BCUT2D eigenvalue weighted by Gasteiger charge is 2.16. The first-order chi connectivity index (χ1) is 12.6. The van der Waals surface area contributed by atoms with Crippen molar-refractivity contribution in [1.82, 2.24) is 10.3 Å². The van der Waals surface area contributed by atoms with Gasteiger partial charge >= 0.3 is 0 Å². The van der Waals surface area contributed by atoms with Crippen molar-refractivity contribution in [1.29, 1.82) is 0 Å². The highest BCUT2D eigenvalue weighted by molar-refractivity contribution is 6.32. The first-order valence-electron chi connectivity index (χ1n) is 7.73. The predicted molar refractivity (Wildman–Crippen MR) is 96.6 cm³/mol. The maximum atomic E-state index is 12.1. The maximum absolute atomic E-state index is 12.1. The summed E-state index contributed by atoms with van der Waals surface area (Å²) in [6.07, 6.45) is 0. The van der Waals surface area contributed by atoms with Gasteiger partial charge in [-0.15, -0.1) is 0 Å². The number of carbonyl (C=O) groups excluding carboxylic acids is 1. The van der Waals surface area contributed by atoms with Gasteiger partial charge in [0.15, 0.2) is 12.3 Å². The first kappa shape index (κ1) is 17.8. The van der Waals surface area contributed by atoms with Gasteiger partial charge in [0.2, 0.25) is 5.82 Å². The van der Waals surface area contributed by atoms with E-state index in [-0.39, 0.29) is 12.4 Å². The topological polar surface area (TPSA) is 86.5 Å². The maximum Gasteiger partial charge on any atom is 0.263 e. The van der Waals surface area contributed by atoms with E-state index in [4.69, 9.17) is 25.7 Å². The van der Waals surface area contributed by atoms with Crippen molar-refractivity contribution in [2.45, 2.75) is 6.92 Å². The molecule has 0 spiro atoms. The third-order valence-electron chi connectivity index (χ3n) is 3.61. The Morgan fingerprint density at radius 3 is 2.73 bits per heavy atom. The Labute approximate surface area is 154 Å². The van der Waals surface area contributed by atoms with Gasteiger partial charge < -0.3 is 14.8 Å². The van der Waals surface area contributed by atoms with E-state index in [1.54, 1.807) is 37.4 Å². The molecule has 0 unspecified atom stereocenters. The summed E-state index contributed by atoms with van der Waals surface area (Å²) >= 11 is 5.99. The van der Waals surface area contributed by atoms with Crippen LogP contribution in [-0.2, 0) is 4.79 Å². The van der Waals surface area contributed by atoms with Crippen LogP contribution in [0.25, 0.3) is 11.3 Å². The minimum atomic E-state index is -0.410. The Morgan fingerprint density at radius 1 is 1.19 bits per heavy atom. The smallest absolute Gasteiger partial charge is 0.263 e. The number of nitrogens with zero attached hydrogens (tertiary/aromatic N) is 2. The summed E-state index contributed by atoms with van der Waals surface area (Å²) < 4.78 is 15.4. The van der Waals surface area contributed by atoms with E-state index in [0.717, 1.165) is 16.9 Å². The zero-order valence-corrected chi connectivity index (χ0v) is 14.9. The molecule has 1 aromatic heterocycles. The molecule has 2 aromatic carbocycles. The van der Waals surface area contributed by atoms with Crippen LogP contribution in [0.15, 0.2) is 47.1 Å². The minimum Gasteiger partial charge on any atom is -0.496 e. The molecule has 26 heavy (non-hydrogen) atoms. The largest absolute Gasteiger partial charge is 0.496 e. The number of hydrogen-bond acceptors (Lipinski definition) is 6. The predicted octanol–water partition coefficient (Wildman–Crippen LogP) is 3.72. The third-order valence-corrected chi connectivity index (χ3v) is 3.92. The van der Waals surface area contributed by atoms with Gasteiger partial charge in [0.25, 0.3) is 5.91 Å². The fourth-order valence-electron chi connectivity index (χ4n) is 2.36. The Kier molecular flexibility index (Phi) is 5.38. The van der Waals surface area contributed by atoms with Gasteiger partial charge in [0, 0.05) is 5.56 Å². The summed E-state index contributed by atoms with van der Waals surface area (Å²) in [5.41, 5.74) is 2.08. The van der Waals surface area contributed by atoms with Gasteiger partial charge in [0.1, 0.15) is 11.5 Å². The molecule has 7 nitrogen and oxygen atoms in total. The quantitative estimate of drug-likeness (QED) is 0.708. The number of halogens is 1. The molecule has 0 fully saturated rings. The van der Waals surface area contributed by atoms with Crippen molar-refractivity contribution in [3.05, 3.63) is 53.1 Å². The summed E-state index contributed by atoms with van der Waals surface area (Å²) in [5.74, 6) is 0.979. The summed E-state index contributed by atoms with van der Waals surface area (Å²) in [4.78, 5) is 12.1. The van der Waals surface area contributed by atoms with E-state index in [2.05, 4.69) is 15.6 Å². The van der Waals surface area contributed by atoms with Crippen LogP contribution >= 0.6 is 11.6 Å². The van der Waals surface area contributed by atoms with E-state index in [1.807, 2.05) is 19.1 Å². The van der Waals surface area contributed by atoms with E-state index in [1.165, 1.54) is 0 Å². The van der Waals surface area contributed by atoms with Gasteiger partial charge in [0.05, 0.1) is 12.1 Å². The van der Waals surface area contributed by atoms with Crippen LogP contribution in [0, 0.1) is 6.92 Å². The standard InChI is InChI=1S/C18H16ClN3O4/c1-11-9-12(7-8-14(11)24-2)17-18(22-26-21-17)20-16(23)10-25-15-6-4-3-5-13(15)19/h3-9H,10H2,1-2H3,(H,20,22,23). The van der Waals surface area contributed by atoms with Gasteiger partial charge in [-0.2, -0.15) is 0 Å². The lowest BCUT2D eigenvalue weighted by atomic mass is 10.1. The van der Waals surface area contributed by atoms with Crippen LogP contribution in [0.4, 0.5) is 5.82 Å². The number of aromatic nitrogens is 2. The molecule has 0 saturated heterocycles. The second-order valence-corrected chi connectivity index (χ2v) is 5.82. The number of aryl methyl sites for hydroxylation is 1. The van der Waals surface area contributed by atoms with Crippen LogP contribution in [0.1, 0.15) is 5.56 Å². The minimum absolute atomic E-state index is 0.210. The first-order valence-corrected chi connectivity index (χ1v) is 8.11. The van der Waals surface area contributed by atoms with Crippen molar-refractivity contribution in [2.24, 2.45) is 0 Å². The molecule has 1 heterocycles. The number of amides is 1. The van der Waals surface area contributed by atoms with Crippen LogP contribution < -0.4 is 14.8 Å². The molecule has 8 heteroatoms. The highest BCUT2D eigenvalue weighted by Crippen LogP contribution is 2.29. The Balaban J connectivity index is 1.70. The highest BCUT2D eigenvalue weighted by atomic mass is 35.5. The lowest BCUT2D eigenvalue weighted by Gasteiger charge is -2.08. The average molecular weight is 374 g/mol. The van der Waals surface area contributed by atoms with E-state index in [9.17, 15) is 4.79 Å². The Hall–Kier alpha value is -3.06. The molecule has 0 aliphatic rings. The Morgan fingerprint density at radius 2 is 2.00 bits per heavy atom. The van der Waals surface area contributed by atoms with Crippen molar-refractivity contribution in [2.75, 3.05) is 19.0 Å². The Bertz CT molecular complexity index is 926. The molecule has 0 radical (unpaired) electrons. The van der Waals surface area contributed by atoms with E-state index < -0.39 is 5.91 Å². The fourth-order valence-corrected chi connectivity index (χ4v) is 2.55. The van der Waals surface area contributed by atoms with Crippen molar-refractivity contribution in [3.63, 3.8) is 0 Å². The number of para-hydroxylation sites is 1. The second-order valence-electron chi connectivity index (χ2n) is 5.41. The fraction of sp³-hybridized carbons (Fsp3) is 0.167. The van der Waals surface area contributed by atoms with Crippen LogP contribution in [0.2, 0.25) is 5.02 Å². The molecular weight excluding hydrogens is 358 g/mol. The lowest BCUT2D eigenvalue weighted by molar-refractivity contribution is -0.118. The van der Waals surface area contributed by atoms with Gasteiger partial charge in [-0.3, -0.25) is 4.79 Å². The molecule has 0 aliphatic carbocycles. The molecule has 3 rings (SSSR count). The molecule has 0 aliphatic heterocycles. The van der Waals surface area contributed by atoms with Crippen LogP contribution in [-0.4, -0.2) is 29.9 Å². The number of carbonyl (C=O) groups is 1. The molecule has 3 aromatic rings. The summed E-state index contributed by atoms with van der Waals surface area (Å²) in [5, 5.41) is 10.7. The third kappa shape index (κ3) is 3.94. The number of anilines is 1. The van der Waals surface area contributed by atoms with Crippen molar-refractivity contribution < 1.29 is 18.9 Å². The number of benzene rings is 2. The SMILES string of the molecule is COc1ccc(-c2nonc2NC(=O)COc2ccccc2Cl)cc1C. The van der Waals surface area contributed by atoms with Gasteiger partial charge in [-0.25, -0.2) is 4.63 Å².